The Morgan fingerprint density at radius 3 is 2.74 bits per heavy atom. The van der Waals surface area contributed by atoms with Crippen LogP contribution >= 0.6 is 11.3 Å². The van der Waals surface area contributed by atoms with Gasteiger partial charge in [0.25, 0.3) is 0 Å². The summed E-state index contributed by atoms with van der Waals surface area (Å²) >= 11 is 1.68. The summed E-state index contributed by atoms with van der Waals surface area (Å²) in [7, 11) is 0. The SMILES string of the molecule is CCc1csc(C2CCCN(C(=O)[C@@H]3[C@H](C(=O)O)C3(C)C)C2)n1. The minimum atomic E-state index is -0.852. The van der Waals surface area contributed by atoms with E-state index in [1.807, 2.05) is 18.7 Å². The molecule has 0 bridgehead atoms. The number of nitrogens with zero attached hydrogens (tertiary/aromatic N) is 2. The molecule has 3 atom stereocenters. The summed E-state index contributed by atoms with van der Waals surface area (Å²) in [5.41, 5.74) is 0.689. The zero-order valence-electron chi connectivity index (χ0n) is 13.9. The maximum atomic E-state index is 12.8. The molecule has 1 aromatic heterocycles. The van der Waals surface area contributed by atoms with Crippen LogP contribution in [0.1, 0.15) is 50.2 Å². The molecule has 1 saturated carbocycles. The van der Waals surface area contributed by atoms with Crippen molar-refractivity contribution < 1.29 is 14.7 Å². The lowest BCUT2D eigenvalue weighted by atomic mass is 9.97. The number of hydrogen-bond donors (Lipinski definition) is 1. The van der Waals surface area contributed by atoms with E-state index >= 15 is 0 Å². The first-order valence-electron chi connectivity index (χ1n) is 8.32. The third kappa shape index (κ3) is 2.89. The molecule has 3 rings (SSSR count). The van der Waals surface area contributed by atoms with Crippen LogP contribution in [-0.4, -0.2) is 40.0 Å². The van der Waals surface area contributed by atoms with Crippen molar-refractivity contribution in [1.29, 1.82) is 0 Å². The Balaban J connectivity index is 1.69. The Hall–Kier alpha value is -1.43. The molecule has 126 valence electrons. The lowest BCUT2D eigenvalue weighted by Gasteiger charge is -2.32. The van der Waals surface area contributed by atoms with Crippen LogP contribution in [0.3, 0.4) is 0 Å². The minimum Gasteiger partial charge on any atom is -0.481 e. The Bertz CT molecular complexity index is 625. The highest BCUT2D eigenvalue weighted by Crippen LogP contribution is 2.59. The quantitative estimate of drug-likeness (QED) is 0.918. The Kier molecular flexibility index (Phi) is 4.21. The van der Waals surface area contributed by atoms with Crippen molar-refractivity contribution in [3.63, 3.8) is 0 Å². The van der Waals surface area contributed by atoms with Gasteiger partial charge in [0.2, 0.25) is 5.91 Å². The number of amides is 1. The highest BCUT2D eigenvalue weighted by molar-refractivity contribution is 7.09. The molecule has 6 heteroatoms. The molecular formula is C17H24N2O3S. The van der Waals surface area contributed by atoms with Crippen LogP contribution in [0, 0.1) is 17.3 Å². The van der Waals surface area contributed by atoms with Gasteiger partial charge in [0.1, 0.15) is 0 Å². The second-order valence-electron chi connectivity index (χ2n) is 7.27. The molecule has 2 aliphatic rings. The number of carboxylic acid groups (broad SMARTS) is 1. The number of rotatable bonds is 4. The molecule has 1 N–H and O–H groups in total. The lowest BCUT2D eigenvalue weighted by molar-refractivity contribution is -0.142. The molecule has 1 unspecified atom stereocenters. The van der Waals surface area contributed by atoms with Gasteiger partial charge in [-0.05, 0) is 24.7 Å². The lowest BCUT2D eigenvalue weighted by Crippen LogP contribution is -2.40. The van der Waals surface area contributed by atoms with Crippen LogP contribution in [0.2, 0.25) is 0 Å². The Morgan fingerprint density at radius 2 is 2.17 bits per heavy atom. The molecule has 0 aromatic carbocycles. The fraction of sp³-hybridized carbons (Fsp3) is 0.706. The van der Waals surface area contributed by atoms with Crippen molar-refractivity contribution in [3.05, 3.63) is 16.1 Å². The first-order chi connectivity index (χ1) is 10.9. The molecule has 2 fully saturated rings. The molecule has 1 saturated heterocycles. The largest absolute Gasteiger partial charge is 0.481 e. The van der Waals surface area contributed by atoms with E-state index < -0.39 is 17.3 Å². The summed E-state index contributed by atoms with van der Waals surface area (Å²) in [5.74, 6) is -1.46. The van der Waals surface area contributed by atoms with E-state index in [9.17, 15) is 14.7 Å². The Labute approximate surface area is 140 Å². The average Bonchev–Trinajstić information content (AvgIpc) is 2.88. The van der Waals surface area contributed by atoms with Crippen LogP contribution in [0.5, 0.6) is 0 Å². The van der Waals surface area contributed by atoms with Crippen molar-refractivity contribution in [2.75, 3.05) is 13.1 Å². The van der Waals surface area contributed by atoms with Gasteiger partial charge in [0.05, 0.1) is 22.5 Å². The summed E-state index contributed by atoms with van der Waals surface area (Å²) in [4.78, 5) is 30.6. The fourth-order valence-corrected chi connectivity index (χ4v) is 4.84. The average molecular weight is 336 g/mol. The highest BCUT2D eigenvalue weighted by atomic mass is 32.1. The fourth-order valence-electron chi connectivity index (χ4n) is 3.81. The zero-order chi connectivity index (χ0) is 16.8. The van der Waals surface area contributed by atoms with Crippen molar-refractivity contribution in [1.82, 2.24) is 9.88 Å². The van der Waals surface area contributed by atoms with Crippen LogP contribution in [-0.2, 0) is 16.0 Å². The van der Waals surface area contributed by atoms with Crippen LogP contribution in [0.25, 0.3) is 0 Å². The number of carboxylic acids is 1. The van der Waals surface area contributed by atoms with Crippen LogP contribution in [0.15, 0.2) is 5.38 Å². The van der Waals surface area contributed by atoms with E-state index in [0.717, 1.165) is 36.5 Å². The summed E-state index contributed by atoms with van der Waals surface area (Å²) in [6.07, 6.45) is 2.95. The third-order valence-electron chi connectivity index (χ3n) is 5.37. The third-order valence-corrected chi connectivity index (χ3v) is 6.43. The summed E-state index contributed by atoms with van der Waals surface area (Å²) < 4.78 is 0. The predicted molar refractivity (Wildman–Crippen MR) is 88.4 cm³/mol. The standard InChI is InChI=1S/C17H24N2O3S/c1-4-11-9-23-14(18-11)10-6-5-7-19(8-10)15(20)12-13(16(21)22)17(12,2)3/h9-10,12-13H,4-8H2,1-3H3,(H,21,22)/t10?,12-,13+/m0/s1. The number of aliphatic carboxylic acids is 1. The first kappa shape index (κ1) is 16.4. The van der Waals surface area contributed by atoms with E-state index in [-0.39, 0.29) is 11.8 Å². The first-order valence-corrected chi connectivity index (χ1v) is 9.20. The number of carbonyl (C=O) groups is 2. The molecule has 23 heavy (non-hydrogen) atoms. The molecule has 1 aromatic rings. The van der Waals surface area contributed by atoms with E-state index in [2.05, 4.69) is 17.3 Å². The molecule has 0 radical (unpaired) electrons. The molecular weight excluding hydrogens is 312 g/mol. The number of carbonyl (C=O) groups excluding carboxylic acids is 1. The molecule has 2 heterocycles. The van der Waals surface area contributed by atoms with E-state index in [1.165, 1.54) is 0 Å². The summed E-state index contributed by atoms with van der Waals surface area (Å²) in [6, 6.07) is 0. The number of hydrogen-bond acceptors (Lipinski definition) is 4. The second kappa shape index (κ2) is 5.89. The van der Waals surface area contributed by atoms with Gasteiger partial charge in [-0.25, -0.2) is 4.98 Å². The van der Waals surface area contributed by atoms with Gasteiger partial charge < -0.3 is 10.0 Å². The number of likely N-dealkylation sites (tertiary alicyclic amines) is 1. The van der Waals surface area contributed by atoms with Gasteiger partial charge in [-0.15, -0.1) is 11.3 Å². The van der Waals surface area contributed by atoms with Crippen molar-refractivity contribution in [2.45, 2.75) is 46.0 Å². The molecule has 1 amide bonds. The second-order valence-corrected chi connectivity index (χ2v) is 8.16. The molecule has 0 spiro atoms. The maximum Gasteiger partial charge on any atom is 0.307 e. The van der Waals surface area contributed by atoms with Crippen LogP contribution < -0.4 is 0 Å². The maximum absolute atomic E-state index is 12.8. The van der Waals surface area contributed by atoms with E-state index in [4.69, 9.17) is 0 Å². The van der Waals surface area contributed by atoms with Gasteiger partial charge >= 0.3 is 5.97 Å². The van der Waals surface area contributed by atoms with E-state index in [0.29, 0.717) is 12.5 Å². The monoisotopic (exact) mass is 336 g/mol. The van der Waals surface area contributed by atoms with Gasteiger partial charge in [-0.1, -0.05) is 20.8 Å². The van der Waals surface area contributed by atoms with Gasteiger partial charge in [-0.3, -0.25) is 9.59 Å². The van der Waals surface area contributed by atoms with Crippen molar-refractivity contribution >= 4 is 23.2 Å². The number of aryl methyl sites for hydroxylation is 1. The highest BCUT2D eigenvalue weighted by Gasteiger charge is 2.66. The topological polar surface area (TPSA) is 70.5 Å². The summed E-state index contributed by atoms with van der Waals surface area (Å²) in [6.45, 7) is 7.26. The predicted octanol–water partition coefficient (Wildman–Crippen LogP) is 2.77. The van der Waals surface area contributed by atoms with Crippen molar-refractivity contribution in [2.24, 2.45) is 17.3 Å². The molecule has 5 nitrogen and oxygen atoms in total. The number of thiazole rings is 1. The molecule has 1 aliphatic carbocycles. The van der Waals surface area contributed by atoms with Gasteiger partial charge in [-0.2, -0.15) is 0 Å². The number of piperidine rings is 1. The van der Waals surface area contributed by atoms with Gasteiger partial charge in [0, 0.05) is 24.4 Å². The number of aromatic nitrogens is 1. The Morgan fingerprint density at radius 1 is 1.43 bits per heavy atom. The van der Waals surface area contributed by atoms with Gasteiger partial charge in [0.15, 0.2) is 0 Å². The smallest absolute Gasteiger partial charge is 0.307 e. The molecule has 1 aliphatic heterocycles. The van der Waals surface area contributed by atoms with Crippen molar-refractivity contribution in [3.8, 4) is 0 Å². The zero-order valence-corrected chi connectivity index (χ0v) is 14.7. The normalized spacial score (nSPS) is 29.3. The van der Waals surface area contributed by atoms with Crippen LogP contribution in [0.4, 0.5) is 0 Å². The summed E-state index contributed by atoms with van der Waals surface area (Å²) in [5, 5.41) is 12.5. The van der Waals surface area contributed by atoms with E-state index in [1.54, 1.807) is 11.3 Å². The minimum absolute atomic E-state index is 0.0133.